The fraction of sp³-hybridized carbons (Fsp3) is 0.0216. The van der Waals surface area contributed by atoms with Gasteiger partial charge in [-0.25, -0.2) is 0 Å². The van der Waals surface area contributed by atoms with Crippen LogP contribution in [0.2, 0.25) is 0 Å². The molecule has 0 amide bonds. The lowest BCUT2D eigenvalue weighted by molar-refractivity contribution is 0.673. The van der Waals surface area contributed by atoms with Crippen LogP contribution in [0, 0.1) is 0 Å². The number of hydrogen-bond donors (Lipinski definition) is 0. The monoisotopic (exact) mass is 1820 g/mol. The number of furan rings is 2. The molecule has 3 aliphatic rings. The Hall–Kier alpha value is -18.5. The third-order valence-electron chi connectivity index (χ3n) is 30.9. The molecule has 0 radical (unpaired) electrons. The van der Waals surface area contributed by atoms with Gasteiger partial charge in [0.1, 0.15) is 22.3 Å². The quantitative estimate of drug-likeness (QED) is 0.0958. The standard InChI is InChI=1S/C76H49NO.C63H41NO/c1-5-21-53(22-6-1)75(54-23-7-2-8-24-54)68-34-17-15-30-62(68)64-46-43-58(48-70(64)75)77(59-44-47-65-63-31-16-18-35-69(63)76(71(65)49-59,55-25-9-3-10-26-55)56-27-11-4-12-28-56)57-41-38-51(39-42-57)61-32-19-33-66-67-45-40-52-37-36-50-20-13-14-29-60(50)72(52)74(67)78-73(61)66;1-4-17-42(18-5-1)50-24-13-15-30-59(50)64(49-38-40-54-53-26-12-14-29-57(53)63(58(54)41-49,46-20-6-2-7-21-46)47-22-8-3-9-23-47)48-36-33-44(34-37-48)52-27-16-28-55-56-39-35-45-32-31-43-19-10-11-25-51(43)60(45)62(56)65-61(52)55/h1-49H;1-41H. The Bertz CT molecular complexity index is 9210. The summed E-state index contributed by atoms with van der Waals surface area (Å²) in [7, 11) is 0. The van der Waals surface area contributed by atoms with Crippen molar-refractivity contribution >= 4 is 121 Å². The predicted molar refractivity (Wildman–Crippen MR) is 595 cm³/mol. The van der Waals surface area contributed by atoms with Gasteiger partial charge in [-0.15, -0.1) is 0 Å². The highest BCUT2D eigenvalue weighted by molar-refractivity contribution is 6.26. The first-order valence-electron chi connectivity index (χ1n) is 49.5. The number of nitrogens with zero attached hydrogens (tertiary/aromatic N) is 2. The molecule has 0 aliphatic heterocycles. The lowest BCUT2D eigenvalue weighted by atomic mass is 9.67. The highest BCUT2D eigenvalue weighted by atomic mass is 16.3. The highest BCUT2D eigenvalue weighted by Gasteiger charge is 2.50. The first-order valence-corrected chi connectivity index (χ1v) is 49.5. The summed E-state index contributed by atoms with van der Waals surface area (Å²) in [6, 6.07) is 201. The molecule has 26 aromatic rings. The van der Waals surface area contributed by atoms with Gasteiger partial charge in [-0.3, -0.25) is 0 Å². The van der Waals surface area contributed by atoms with E-state index >= 15 is 0 Å². The Morgan fingerprint density at radius 1 is 0.147 bits per heavy atom. The molecule has 0 unspecified atom stereocenters. The Balaban J connectivity index is 0.000000142. The molecule has 2 heterocycles. The van der Waals surface area contributed by atoms with E-state index in [0.717, 1.165) is 122 Å². The summed E-state index contributed by atoms with van der Waals surface area (Å²) in [5.74, 6) is 0. The number of benzene rings is 24. The maximum atomic E-state index is 7.09. The van der Waals surface area contributed by atoms with E-state index < -0.39 is 16.2 Å². The van der Waals surface area contributed by atoms with Crippen molar-refractivity contribution in [3.05, 3.63) is 613 Å². The van der Waals surface area contributed by atoms with Crippen LogP contribution in [-0.2, 0) is 16.2 Å². The van der Waals surface area contributed by atoms with Crippen molar-refractivity contribution in [3.8, 4) is 66.8 Å². The largest absolute Gasteiger partial charge is 0.455 e. The van der Waals surface area contributed by atoms with Crippen LogP contribution in [-0.4, -0.2) is 0 Å². The van der Waals surface area contributed by atoms with E-state index in [-0.39, 0.29) is 0 Å². The molecule has 0 N–H and O–H groups in total. The lowest BCUT2D eigenvalue weighted by Gasteiger charge is -2.36. The molecule has 3 aliphatic carbocycles. The third-order valence-corrected chi connectivity index (χ3v) is 30.9. The summed E-state index contributed by atoms with van der Waals surface area (Å²) in [4.78, 5) is 4.92. The van der Waals surface area contributed by atoms with Crippen molar-refractivity contribution in [2.45, 2.75) is 16.2 Å². The molecule has 4 heteroatoms. The molecule has 4 nitrogen and oxygen atoms in total. The van der Waals surface area contributed by atoms with Crippen molar-refractivity contribution in [3.63, 3.8) is 0 Å². The third kappa shape index (κ3) is 12.7. The fourth-order valence-electron chi connectivity index (χ4n) is 24.8. The summed E-state index contributed by atoms with van der Waals surface area (Å²) in [6.45, 7) is 0. The summed E-state index contributed by atoms with van der Waals surface area (Å²) in [5.41, 5.74) is 37.7. The molecule has 2 aromatic heterocycles. The van der Waals surface area contributed by atoms with Gasteiger partial charge in [-0.1, -0.05) is 467 Å². The van der Waals surface area contributed by atoms with Crippen molar-refractivity contribution in [2.75, 3.05) is 9.80 Å². The maximum absolute atomic E-state index is 7.09. The average Bonchev–Trinajstić information content (AvgIpc) is 1.54. The van der Waals surface area contributed by atoms with Gasteiger partial charge in [-0.2, -0.15) is 0 Å². The van der Waals surface area contributed by atoms with Crippen LogP contribution in [0.15, 0.2) is 555 Å². The second kappa shape index (κ2) is 33.4. The van der Waals surface area contributed by atoms with Crippen molar-refractivity contribution < 1.29 is 8.83 Å². The van der Waals surface area contributed by atoms with Crippen molar-refractivity contribution in [2.24, 2.45) is 0 Å². The van der Waals surface area contributed by atoms with Crippen LogP contribution in [0.3, 0.4) is 0 Å². The molecular formula is C139H90N2O2. The number of fused-ring (bicyclic) bond motifs is 23. The predicted octanol–water partition coefficient (Wildman–Crippen LogP) is 36.8. The van der Waals surface area contributed by atoms with E-state index in [2.05, 4.69) is 556 Å². The zero-order chi connectivity index (χ0) is 94.3. The number of hydrogen-bond acceptors (Lipinski definition) is 4. The molecule has 0 atom stereocenters. The van der Waals surface area contributed by atoms with Gasteiger partial charge in [0.15, 0.2) is 0 Å². The second-order valence-electron chi connectivity index (χ2n) is 38.1. The Labute approximate surface area is 829 Å². The van der Waals surface area contributed by atoms with Crippen LogP contribution in [0.1, 0.15) is 66.8 Å². The van der Waals surface area contributed by atoms with Gasteiger partial charge in [0.05, 0.1) is 21.9 Å². The minimum Gasteiger partial charge on any atom is -0.455 e. The smallest absolute Gasteiger partial charge is 0.143 e. The van der Waals surface area contributed by atoms with Crippen LogP contribution in [0.4, 0.5) is 34.1 Å². The first-order chi connectivity index (χ1) is 70.9. The first kappa shape index (κ1) is 82.8. The fourth-order valence-corrected chi connectivity index (χ4v) is 24.8. The minimum atomic E-state index is -0.571. The SMILES string of the molecule is c1ccc(-c2ccccc2N(c2ccc(-c3cccc4c3oc3c4ccc4ccc5ccccc5c43)cc2)c2ccc3c(c2)C(c2ccccc2)(c2ccccc2)c2ccccc2-3)cc1.c1ccc(C2(c3ccccc3)c3ccccc3-c3ccc(N(c4ccc(-c5cccc6c5oc5c6ccc6ccc7ccccc7c65)cc4)c4ccc5c(c4)C(c4ccccc4)(c4ccccc4)c4ccccc4-5)cc32)cc1. The van der Waals surface area contributed by atoms with E-state index in [4.69, 9.17) is 8.83 Å². The molecule has 0 saturated heterocycles. The summed E-state index contributed by atoms with van der Waals surface area (Å²) in [5, 5.41) is 14.0. The van der Waals surface area contributed by atoms with Crippen LogP contribution in [0.5, 0.6) is 0 Å². The van der Waals surface area contributed by atoms with Gasteiger partial charge in [0.25, 0.3) is 0 Å². The minimum absolute atomic E-state index is 0.526. The molecule has 0 bridgehead atoms. The van der Waals surface area contributed by atoms with Gasteiger partial charge in [0, 0.05) is 77.4 Å². The Morgan fingerprint density at radius 2 is 0.406 bits per heavy atom. The molecular weight excluding hydrogens is 1730 g/mol. The van der Waals surface area contributed by atoms with E-state index in [1.807, 2.05) is 0 Å². The molecule has 24 aromatic carbocycles. The van der Waals surface area contributed by atoms with Gasteiger partial charge < -0.3 is 18.6 Å². The normalized spacial score (nSPS) is 13.2. The van der Waals surface area contributed by atoms with E-state index in [9.17, 15) is 0 Å². The number of anilines is 6. The van der Waals surface area contributed by atoms with E-state index in [0.29, 0.717) is 0 Å². The molecule has 143 heavy (non-hydrogen) atoms. The lowest BCUT2D eigenvalue weighted by Crippen LogP contribution is -2.29. The Morgan fingerprint density at radius 3 is 0.783 bits per heavy atom. The maximum Gasteiger partial charge on any atom is 0.143 e. The summed E-state index contributed by atoms with van der Waals surface area (Å²) in [6.07, 6.45) is 0. The van der Waals surface area contributed by atoms with Crippen LogP contribution in [0.25, 0.3) is 154 Å². The molecule has 0 saturated carbocycles. The summed E-state index contributed by atoms with van der Waals surface area (Å²) < 4.78 is 14.1. The topological polar surface area (TPSA) is 32.8 Å². The van der Waals surface area contributed by atoms with Gasteiger partial charge in [-0.05, 0) is 228 Å². The average molecular weight is 1820 g/mol. The van der Waals surface area contributed by atoms with Crippen LogP contribution < -0.4 is 9.80 Å². The van der Waals surface area contributed by atoms with Crippen molar-refractivity contribution in [1.82, 2.24) is 0 Å². The zero-order valence-electron chi connectivity index (χ0n) is 78.2. The van der Waals surface area contributed by atoms with Crippen molar-refractivity contribution in [1.29, 1.82) is 0 Å². The number of rotatable bonds is 15. The molecule has 0 fully saturated rings. The van der Waals surface area contributed by atoms with Gasteiger partial charge in [0.2, 0.25) is 0 Å². The highest BCUT2D eigenvalue weighted by Crippen LogP contribution is 2.63. The molecule has 29 rings (SSSR count). The Kier molecular flexibility index (Phi) is 19.3. The van der Waals surface area contributed by atoms with Gasteiger partial charge >= 0.3 is 0 Å². The number of para-hydroxylation sites is 3. The summed E-state index contributed by atoms with van der Waals surface area (Å²) >= 11 is 0. The zero-order valence-corrected chi connectivity index (χ0v) is 78.2. The molecule has 0 spiro atoms. The van der Waals surface area contributed by atoms with E-state index in [1.54, 1.807) is 0 Å². The van der Waals surface area contributed by atoms with Crippen LogP contribution >= 0.6 is 0 Å². The molecule has 668 valence electrons. The second-order valence-corrected chi connectivity index (χ2v) is 38.1. The van der Waals surface area contributed by atoms with E-state index in [1.165, 1.54) is 132 Å².